The van der Waals surface area contributed by atoms with Gasteiger partial charge in [0.1, 0.15) is 16.6 Å². The fourth-order valence-corrected chi connectivity index (χ4v) is 3.61. The lowest BCUT2D eigenvalue weighted by Crippen LogP contribution is -2.23. The number of aromatic nitrogens is 2. The second-order valence-electron chi connectivity index (χ2n) is 6.05. The molecule has 0 aliphatic heterocycles. The quantitative estimate of drug-likeness (QED) is 0.536. The first-order chi connectivity index (χ1) is 12.5. The van der Waals surface area contributed by atoms with Crippen LogP contribution in [-0.2, 0) is 4.79 Å². The number of rotatable bonds is 5. The summed E-state index contributed by atoms with van der Waals surface area (Å²) in [5.74, 6) is 1.24. The molecule has 0 aliphatic carbocycles. The van der Waals surface area contributed by atoms with Gasteiger partial charge in [0, 0.05) is 5.39 Å². The fourth-order valence-electron chi connectivity index (χ4n) is 2.62. The van der Waals surface area contributed by atoms with E-state index in [1.807, 2.05) is 63.2 Å². The smallest absolute Gasteiger partial charge is 0.237 e. The summed E-state index contributed by atoms with van der Waals surface area (Å²) in [6.07, 6.45) is 0. The average molecular weight is 367 g/mol. The molecule has 2 aromatic carbocycles. The third-order valence-electron chi connectivity index (χ3n) is 3.95. The Hall–Kier alpha value is -2.60. The number of nitrogens with zero attached hydrogens (tertiary/aromatic N) is 2. The Kier molecular flexibility index (Phi) is 5.42. The van der Waals surface area contributed by atoms with Crippen LogP contribution >= 0.6 is 11.8 Å². The van der Waals surface area contributed by atoms with Gasteiger partial charge in [0.25, 0.3) is 0 Å². The van der Waals surface area contributed by atoms with Crippen LogP contribution in [0.2, 0.25) is 0 Å². The number of benzene rings is 2. The SMILES string of the molecule is COc1ccc(C)cc1NC(=O)C(C)Sc1nc(C)nc2ccccc12. The number of hydrogen-bond acceptors (Lipinski definition) is 5. The Morgan fingerprint density at radius 3 is 2.69 bits per heavy atom. The second kappa shape index (κ2) is 7.74. The van der Waals surface area contributed by atoms with E-state index in [1.165, 1.54) is 11.8 Å². The predicted molar refractivity (Wildman–Crippen MR) is 106 cm³/mol. The van der Waals surface area contributed by atoms with Gasteiger partial charge in [0.05, 0.1) is 23.6 Å². The Labute approximate surface area is 157 Å². The fraction of sp³-hybridized carbons (Fsp3) is 0.250. The molecule has 0 radical (unpaired) electrons. The number of anilines is 1. The van der Waals surface area contributed by atoms with Crippen LogP contribution in [0.3, 0.4) is 0 Å². The van der Waals surface area contributed by atoms with Gasteiger partial charge in [-0.05, 0) is 44.5 Å². The zero-order chi connectivity index (χ0) is 18.7. The van der Waals surface area contributed by atoms with Crippen molar-refractivity contribution in [2.45, 2.75) is 31.0 Å². The van der Waals surface area contributed by atoms with Crippen molar-refractivity contribution in [3.05, 3.63) is 53.9 Å². The zero-order valence-electron chi connectivity index (χ0n) is 15.2. The van der Waals surface area contributed by atoms with Crippen LogP contribution in [0.1, 0.15) is 18.3 Å². The molecule has 1 heterocycles. The van der Waals surface area contributed by atoms with E-state index in [-0.39, 0.29) is 11.2 Å². The summed E-state index contributed by atoms with van der Waals surface area (Å²) in [6.45, 7) is 5.70. The van der Waals surface area contributed by atoms with E-state index in [1.54, 1.807) is 7.11 Å². The molecule has 3 rings (SSSR count). The lowest BCUT2D eigenvalue weighted by molar-refractivity contribution is -0.115. The van der Waals surface area contributed by atoms with Gasteiger partial charge in [-0.15, -0.1) is 0 Å². The molecule has 0 spiro atoms. The van der Waals surface area contributed by atoms with Crippen molar-refractivity contribution >= 4 is 34.3 Å². The molecule has 134 valence electrons. The molecule has 1 amide bonds. The Bertz CT molecular complexity index is 959. The van der Waals surface area contributed by atoms with Crippen LogP contribution in [0.5, 0.6) is 5.75 Å². The number of carbonyl (C=O) groups excluding carboxylic acids is 1. The van der Waals surface area contributed by atoms with Gasteiger partial charge in [-0.1, -0.05) is 36.0 Å². The lowest BCUT2D eigenvalue weighted by Gasteiger charge is -2.15. The molecule has 1 atom stereocenters. The van der Waals surface area contributed by atoms with Gasteiger partial charge >= 0.3 is 0 Å². The molecule has 6 heteroatoms. The minimum Gasteiger partial charge on any atom is -0.495 e. The van der Waals surface area contributed by atoms with E-state index >= 15 is 0 Å². The Morgan fingerprint density at radius 2 is 1.92 bits per heavy atom. The number of hydrogen-bond donors (Lipinski definition) is 1. The average Bonchev–Trinajstić information content (AvgIpc) is 2.61. The lowest BCUT2D eigenvalue weighted by atomic mass is 10.2. The maximum atomic E-state index is 12.7. The zero-order valence-corrected chi connectivity index (χ0v) is 16.1. The van der Waals surface area contributed by atoms with Crippen LogP contribution in [0.25, 0.3) is 10.9 Å². The van der Waals surface area contributed by atoms with Crippen LogP contribution < -0.4 is 10.1 Å². The number of nitrogens with one attached hydrogen (secondary N) is 1. The largest absolute Gasteiger partial charge is 0.495 e. The highest BCUT2D eigenvalue weighted by Crippen LogP contribution is 2.30. The minimum absolute atomic E-state index is 0.0979. The molecule has 5 nitrogen and oxygen atoms in total. The molecule has 1 N–H and O–H groups in total. The molecule has 26 heavy (non-hydrogen) atoms. The van der Waals surface area contributed by atoms with Crippen molar-refractivity contribution in [3.8, 4) is 5.75 Å². The summed E-state index contributed by atoms with van der Waals surface area (Å²) in [6, 6.07) is 13.5. The number of amides is 1. The highest BCUT2D eigenvalue weighted by Gasteiger charge is 2.19. The van der Waals surface area contributed by atoms with Crippen LogP contribution in [-0.4, -0.2) is 28.2 Å². The summed E-state index contributed by atoms with van der Waals surface area (Å²) in [5.41, 5.74) is 2.61. The van der Waals surface area contributed by atoms with E-state index in [0.717, 1.165) is 21.5 Å². The van der Waals surface area contributed by atoms with E-state index in [0.29, 0.717) is 17.3 Å². The van der Waals surface area contributed by atoms with Gasteiger partial charge in [0.2, 0.25) is 5.91 Å². The number of ether oxygens (including phenoxy) is 1. The number of thioether (sulfide) groups is 1. The Morgan fingerprint density at radius 1 is 1.15 bits per heavy atom. The van der Waals surface area contributed by atoms with Crippen molar-refractivity contribution in [1.82, 2.24) is 9.97 Å². The molecule has 1 aromatic heterocycles. The van der Waals surface area contributed by atoms with Gasteiger partial charge in [-0.2, -0.15) is 0 Å². The molecule has 0 fully saturated rings. The van der Waals surface area contributed by atoms with Gasteiger partial charge in [0.15, 0.2) is 0 Å². The molecule has 0 saturated heterocycles. The topological polar surface area (TPSA) is 64.1 Å². The molecule has 0 bridgehead atoms. The molecular weight excluding hydrogens is 346 g/mol. The molecule has 0 aliphatic rings. The summed E-state index contributed by atoms with van der Waals surface area (Å²) in [7, 11) is 1.59. The number of methoxy groups -OCH3 is 1. The third-order valence-corrected chi connectivity index (χ3v) is 5.05. The molecule has 3 aromatic rings. The highest BCUT2D eigenvalue weighted by molar-refractivity contribution is 8.00. The maximum Gasteiger partial charge on any atom is 0.237 e. The molecule has 1 unspecified atom stereocenters. The van der Waals surface area contributed by atoms with Crippen LogP contribution in [0.4, 0.5) is 5.69 Å². The second-order valence-corrected chi connectivity index (χ2v) is 7.38. The van der Waals surface area contributed by atoms with Crippen molar-refractivity contribution in [1.29, 1.82) is 0 Å². The van der Waals surface area contributed by atoms with Crippen LogP contribution in [0, 0.1) is 13.8 Å². The summed E-state index contributed by atoms with van der Waals surface area (Å²) in [5, 5.41) is 4.40. The first kappa shape index (κ1) is 18.2. The van der Waals surface area contributed by atoms with Crippen molar-refractivity contribution in [2.24, 2.45) is 0 Å². The van der Waals surface area contributed by atoms with E-state index < -0.39 is 0 Å². The van der Waals surface area contributed by atoms with Gasteiger partial charge in [-0.25, -0.2) is 9.97 Å². The standard InChI is InChI=1S/C20H21N3O2S/c1-12-9-10-18(25-4)17(11-12)23-19(24)13(2)26-20-15-7-5-6-8-16(15)21-14(3)22-20/h5-11,13H,1-4H3,(H,23,24). The van der Waals surface area contributed by atoms with Gasteiger partial charge in [-0.3, -0.25) is 4.79 Å². The van der Waals surface area contributed by atoms with E-state index in [4.69, 9.17) is 4.74 Å². The summed E-state index contributed by atoms with van der Waals surface area (Å²) >= 11 is 1.43. The van der Waals surface area contributed by atoms with E-state index in [2.05, 4.69) is 15.3 Å². The maximum absolute atomic E-state index is 12.7. The van der Waals surface area contributed by atoms with Crippen molar-refractivity contribution in [2.75, 3.05) is 12.4 Å². The highest BCUT2D eigenvalue weighted by atomic mass is 32.2. The molecular formula is C20H21N3O2S. The van der Waals surface area contributed by atoms with Gasteiger partial charge < -0.3 is 10.1 Å². The monoisotopic (exact) mass is 367 g/mol. The van der Waals surface area contributed by atoms with Crippen molar-refractivity contribution in [3.63, 3.8) is 0 Å². The predicted octanol–water partition coefficient (Wildman–Crippen LogP) is 4.37. The first-order valence-corrected chi connectivity index (χ1v) is 9.21. The number of carbonyl (C=O) groups is 1. The van der Waals surface area contributed by atoms with Crippen LogP contribution in [0.15, 0.2) is 47.5 Å². The van der Waals surface area contributed by atoms with Crippen molar-refractivity contribution < 1.29 is 9.53 Å². The number of aryl methyl sites for hydroxylation is 2. The minimum atomic E-state index is -0.321. The summed E-state index contributed by atoms with van der Waals surface area (Å²) < 4.78 is 5.33. The number of fused-ring (bicyclic) bond motifs is 1. The third kappa shape index (κ3) is 3.96. The molecule has 0 saturated carbocycles. The normalized spacial score (nSPS) is 12.0. The first-order valence-electron chi connectivity index (χ1n) is 8.33. The number of para-hydroxylation sites is 1. The van der Waals surface area contributed by atoms with E-state index in [9.17, 15) is 4.79 Å². The summed E-state index contributed by atoms with van der Waals surface area (Å²) in [4.78, 5) is 21.7. The Balaban J connectivity index is 1.81.